The SMILES string of the molecule is CSC(=O)N1CCC(c2cc(Cl)cc3[nH]ncc23)CC1. The number of halogens is 1. The molecule has 1 aliphatic heterocycles. The average Bonchev–Trinajstić information content (AvgIpc) is 2.94. The minimum absolute atomic E-state index is 0.169. The van der Waals surface area contributed by atoms with Gasteiger partial charge in [-0.25, -0.2) is 0 Å². The number of likely N-dealkylation sites (tertiary alicyclic amines) is 1. The Morgan fingerprint density at radius 1 is 1.45 bits per heavy atom. The van der Waals surface area contributed by atoms with Gasteiger partial charge in [-0.3, -0.25) is 9.89 Å². The second-order valence-electron chi connectivity index (χ2n) is 5.06. The summed E-state index contributed by atoms with van der Waals surface area (Å²) in [6.07, 6.45) is 5.65. The van der Waals surface area contributed by atoms with Crippen molar-refractivity contribution in [3.05, 3.63) is 28.9 Å². The molecule has 1 aromatic heterocycles. The molecule has 1 aromatic carbocycles. The highest BCUT2D eigenvalue weighted by Gasteiger charge is 2.25. The van der Waals surface area contributed by atoms with Crippen LogP contribution in [-0.2, 0) is 0 Å². The van der Waals surface area contributed by atoms with Crippen LogP contribution in [-0.4, -0.2) is 39.7 Å². The summed E-state index contributed by atoms with van der Waals surface area (Å²) in [5, 5.41) is 9.12. The van der Waals surface area contributed by atoms with Crippen LogP contribution in [0, 0.1) is 0 Å². The van der Waals surface area contributed by atoms with Crippen LogP contribution in [0.15, 0.2) is 18.3 Å². The number of amides is 1. The Balaban J connectivity index is 1.83. The fourth-order valence-electron chi connectivity index (χ4n) is 2.88. The van der Waals surface area contributed by atoms with Crippen molar-refractivity contribution in [1.82, 2.24) is 15.1 Å². The first kappa shape index (κ1) is 13.8. The molecule has 20 heavy (non-hydrogen) atoms. The molecule has 1 amide bonds. The second kappa shape index (κ2) is 5.66. The predicted octanol–water partition coefficient (Wildman–Crippen LogP) is 3.88. The average molecular weight is 310 g/mol. The number of benzene rings is 1. The van der Waals surface area contributed by atoms with Crippen molar-refractivity contribution in [3.8, 4) is 0 Å². The van der Waals surface area contributed by atoms with Crippen LogP contribution >= 0.6 is 23.4 Å². The number of carbonyl (C=O) groups is 1. The number of hydrogen-bond acceptors (Lipinski definition) is 3. The molecular weight excluding hydrogens is 294 g/mol. The van der Waals surface area contributed by atoms with Gasteiger partial charge < -0.3 is 4.90 Å². The zero-order valence-electron chi connectivity index (χ0n) is 11.2. The lowest BCUT2D eigenvalue weighted by Gasteiger charge is -2.32. The van der Waals surface area contributed by atoms with E-state index in [0.29, 0.717) is 5.92 Å². The van der Waals surface area contributed by atoms with Gasteiger partial charge in [0.25, 0.3) is 5.24 Å². The van der Waals surface area contributed by atoms with Crippen molar-refractivity contribution in [1.29, 1.82) is 0 Å². The predicted molar refractivity (Wildman–Crippen MR) is 83.6 cm³/mol. The molecule has 1 N–H and O–H groups in total. The topological polar surface area (TPSA) is 49.0 Å². The Bertz CT molecular complexity index is 634. The van der Waals surface area contributed by atoms with E-state index in [1.54, 1.807) is 0 Å². The highest BCUT2D eigenvalue weighted by Crippen LogP contribution is 2.35. The molecule has 1 fully saturated rings. The van der Waals surface area contributed by atoms with Crippen molar-refractivity contribution >= 4 is 39.5 Å². The van der Waals surface area contributed by atoms with E-state index in [2.05, 4.69) is 10.2 Å². The van der Waals surface area contributed by atoms with Gasteiger partial charge in [-0.1, -0.05) is 23.4 Å². The Labute approximate surface area is 126 Å². The van der Waals surface area contributed by atoms with E-state index in [4.69, 9.17) is 11.6 Å². The molecule has 4 nitrogen and oxygen atoms in total. The number of piperidine rings is 1. The maximum Gasteiger partial charge on any atom is 0.281 e. The number of aromatic amines is 1. The molecule has 2 aromatic rings. The third-order valence-electron chi connectivity index (χ3n) is 3.92. The summed E-state index contributed by atoms with van der Waals surface area (Å²) >= 11 is 7.47. The number of thioether (sulfide) groups is 1. The van der Waals surface area contributed by atoms with Gasteiger partial charge in [0.1, 0.15) is 0 Å². The summed E-state index contributed by atoms with van der Waals surface area (Å²) < 4.78 is 0. The quantitative estimate of drug-likeness (QED) is 0.869. The van der Waals surface area contributed by atoms with Crippen molar-refractivity contribution in [3.63, 3.8) is 0 Å². The lowest BCUT2D eigenvalue weighted by atomic mass is 9.88. The number of hydrogen-bond donors (Lipinski definition) is 1. The third kappa shape index (κ3) is 2.52. The molecule has 0 spiro atoms. The molecule has 2 heterocycles. The molecule has 0 unspecified atom stereocenters. The number of nitrogens with one attached hydrogen (secondary N) is 1. The van der Waals surface area contributed by atoms with Crippen LogP contribution in [0.5, 0.6) is 0 Å². The highest BCUT2D eigenvalue weighted by atomic mass is 35.5. The lowest BCUT2D eigenvalue weighted by molar-refractivity contribution is 0.206. The summed E-state index contributed by atoms with van der Waals surface area (Å²) in [7, 11) is 0. The number of carbonyl (C=O) groups excluding carboxylic acids is 1. The van der Waals surface area contributed by atoms with Gasteiger partial charge in [-0.15, -0.1) is 0 Å². The summed E-state index contributed by atoms with van der Waals surface area (Å²) in [5.74, 6) is 0.444. The monoisotopic (exact) mass is 309 g/mol. The van der Waals surface area contributed by atoms with Crippen LogP contribution in [0.2, 0.25) is 5.02 Å². The van der Waals surface area contributed by atoms with Crippen LogP contribution in [0.4, 0.5) is 4.79 Å². The Kier molecular flexibility index (Phi) is 3.89. The zero-order valence-corrected chi connectivity index (χ0v) is 12.8. The summed E-state index contributed by atoms with van der Waals surface area (Å²) in [6, 6.07) is 3.94. The van der Waals surface area contributed by atoms with Crippen LogP contribution in [0.3, 0.4) is 0 Å². The Morgan fingerprint density at radius 2 is 2.20 bits per heavy atom. The summed E-state index contributed by atoms with van der Waals surface area (Å²) in [4.78, 5) is 13.6. The molecule has 106 valence electrons. The van der Waals surface area contributed by atoms with E-state index in [0.717, 1.165) is 41.9 Å². The fraction of sp³-hybridized carbons (Fsp3) is 0.429. The molecule has 3 rings (SSSR count). The normalized spacial score (nSPS) is 16.8. The van der Waals surface area contributed by atoms with Gasteiger partial charge in [0, 0.05) is 23.5 Å². The molecule has 0 saturated carbocycles. The van der Waals surface area contributed by atoms with Crippen molar-refractivity contribution in [2.24, 2.45) is 0 Å². The smallest absolute Gasteiger partial charge is 0.281 e. The molecule has 0 aliphatic carbocycles. The lowest BCUT2D eigenvalue weighted by Crippen LogP contribution is -2.35. The van der Waals surface area contributed by atoms with Gasteiger partial charge in [0.2, 0.25) is 0 Å². The molecule has 0 radical (unpaired) electrons. The molecule has 0 atom stereocenters. The first-order valence-electron chi connectivity index (χ1n) is 6.64. The summed E-state index contributed by atoms with van der Waals surface area (Å²) in [5.41, 5.74) is 2.23. The molecular formula is C14H16ClN3OS. The van der Waals surface area contributed by atoms with E-state index in [9.17, 15) is 4.79 Å². The molecule has 0 bridgehead atoms. The van der Waals surface area contributed by atoms with Gasteiger partial charge in [-0.2, -0.15) is 5.10 Å². The van der Waals surface area contributed by atoms with Gasteiger partial charge in [0.15, 0.2) is 0 Å². The third-order valence-corrected chi connectivity index (χ3v) is 4.75. The van der Waals surface area contributed by atoms with E-state index in [-0.39, 0.29) is 5.24 Å². The zero-order chi connectivity index (χ0) is 14.1. The van der Waals surface area contributed by atoms with Crippen molar-refractivity contribution in [2.45, 2.75) is 18.8 Å². The second-order valence-corrected chi connectivity index (χ2v) is 6.25. The van der Waals surface area contributed by atoms with E-state index in [1.807, 2.05) is 29.5 Å². The maximum absolute atomic E-state index is 11.7. The molecule has 1 aliphatic rings. The van der Waals surface area contributed by atoms with E-state index >= 15 is 0 Å². The first-order valence-corrected chi connectivity index (χ1v) is 8.24. The van der Waals surface area contributed by atoms with E-state index in [1.165, 1.54) is 17.3 Å². The number of nitrogens with zero attached hydrogens (tertiary/aromatic N) is 2. The van der Waals surface area contributed by atoms with Gasteiger partial charge in [0.05, 0.1) is 11.7 Å². The van der Waals surface area contributed by atoms with Gasteiger partial charge >= 0.3 is 0 Å². The first-order chi connectivity index (χ1) is 9.69. The van der Waals surface area contributed by atoms with Crippen LogP contribution in [0.1, 0.15) is 24.3 Å². The van der Waals surface area contributed by atoms with E-state index < -0.39 is 0 Å². The Hall–Kier alpha value is -1.20. The van der Waals surface area contributed by atoms with Crippen molar-refractivity contribution in [2.75, 3.05) is 19.3 Å². The maximum atomic E-state index is 11.7. The molecule has 1 saturated heterocycles. The van der Waals surface area contributed by atoms with Crippen LogP contribution in [0.25, 0.3) is 10.9 Å². The van der Waals surface area contributed by atoms with Gasteiger partial charge in [-0.05, 0) is 42.7 Å². The number of H-pyrrole nitrogens is 1. The number of fused-ring (bicyclic) bond motifs is 1. The molecule has 6 heteroatoms. The number of rotatable bonds is 1. The minimum atomic E-state index is 0.169. The largest absolute Gasteiger partial charge is 0.334 e. The summed E-state index contributed by atoms with van der Waals surface area (Å²) in [6.45, 7) is 1.63. The Morgan fingerprint density at radius 3 is 2.90 bits per heavy atom. The number of aromatic nitrogens is 2. The fourth-order valence-corrected chi connectivity index (χ4v) is 3.55. The standard InChI is InChI=1S/C14H16ClN3OS/c1-20-14(19)18-4-2-9(3-5-18)11-6-10(15)7-13-12(11)8-16-17-13/h6-9H,2-5H2,1H3,(H,16,17). The van der Waals surface area contributed by atoms with Crippen LogP contribution < -0.4 is 0 Å². The highest BCUT2D eigenvalue weighted by molar-refractivity contribution is 8.12. The minimum Gasteiger partial charge on any atom is -0.334 e. The van der Waals surface area contributed by atoms with Crippen molar-refractivity contribution < 1.29 is 4.79 Å².